The maximum Gasteiger partial charge on any atom is 0.248 e. The fraction of sp³-hybridized carbons (Fsp3) is 0.235. The first kappa shape index (κ1) is 14.3. The number of nitrogens with one attached hydrogen (secondary N) is 1. The molecule has 0 unspecified atom stereocenters. The molecule has 5 heteroatoms. The van der Waals surface area contributed by atoms with Crippen molar-refractivity contribution in [2.45, 2.75) is 13.0 Å². The van der Waals surface area contributed by atoms with Gasteiger partial charge in [-0.2, -0.15) is 0 Å². The average Bonchev–Trinajstić information content (AvgIpc) is 3.02. The summed E-state index contributed by atoms with van der Waals surface area (Å²) in [7, 11) is 1.77. The van der Waals surface area contributed by atoms with Gasteiger partial charge in [0.2, 0.25) is 12.7 Å². The Kier molecular flexibility index (Phi) is 3.87. The minimum Gasteiger partial charge on any atom is -0.454 e. The number of para-hydroxylation sites is 1. The molecule has 1 aliphatic heterocycles. The number of ether oxygens (including phenoxy) is 2. The van der Waals surface area contributed by atoms with Gasteiger partial charge in [0, 0.05) is 24.5 Å². The zero-order valence-corrected chi connectivity index (χ0v) is 12.6. The smallest absolute Gasteiger partial charge is 0.248 e. The van der Waals surface area contributed by atoms with Crippen LogP contribution in [0.4, 0.5) is 11.4 Å². The number of nitrogens with zero attached hydrogens (tertiary/aromatic N) is 1. The molecule has 0 aliphatic carbocycles. The highest BCUT2D eigenvalue weighted by atomic mass is 16.7. The largest absolute Gasteiger partial charge is 0.454 e. The van der Waals surface area contributed by atoms with Crippen LogP contribution in [-0.2, 0) is 4.79 Å². The maximum atomic E-state index is 12.5. The molecule has 1 amide bonds. The Morgan fingerprint density at radius 3 is 2.64 bits per heavy atom. The van der Waals surface area contributed by atoms with Crippen molar-refractivity contribution in [3.63, 3.8) is 0 Å². The number of rotatable bonds is 4. The van der Waals surface area contributed by atoms with Gasteiger partial charge in [0.25, 0.3) is 0 Å². The normalized spacial score (nSPS) is 13.5. The van der Waals surface area contributed by atoms with E-state index in [0.717, 1.165) is 17.1 Å². The minimum atomic E-state index is -0.356. The van der Waals surface area contributed by atoms with Crippen LogP contribution in [0.2, 0.25) is 0 Å². The first-order chi connectivity index (χ1) is 10.6. The summed E-state index contributed by atoms with van der Waals surface area (Å²) < 4.78 is 10.6. The SMILES string of the molecule is C[C@H](Nc1ccc2c(c1)OCO2)C(=O)N(C)c1ccccc1. The first-order valence-electron chi connectivity index (χ1n) is 7.14. The third kappa shape index (κ3) is 2.83. The molecule has 2 aromatic rings. The van der Waals surface area contributed by atoms with E-state index < -0.39 is 0 Å². The van der Waals surface area contributed by atoms with Gasteiger partial charge in [-0.3, -0.25) is 4.79 Å². The van der Waals surface area contributed by atoms with Gasteiger partial charge in [-0.25, -0.2) is 0 Å². The Balaban J connectivity index is 1.69. The number of likely N-dealkylation sites (N-methyl/N-ethyl adjacent to an activating group) is 1. The number of carbonyl (C=O) groups excluding carboxylic acids is 1. The first-order valence-corrected chi connectivity index (χ1v) is 7.14. The zero-order chi connectivity index (χ0) is 15.5. The molecule has 0 fully saturated rings. The van der Waals surface area contributed by atoms with Crippen molar-refractivity contribution in [3.05, 3.63) is 48.5 Å². The fourth-order valence-electron chi connectivity index (χ4n) is 2.37. The van der Waals surface area contributed by atoms with Crippen molar-refractivity contribution in [2.75, 3.05) is 24.1 Å². The van der Waals surface area contributed by atoms with Crippen molar-refractivity contribution >= 4 is 17.3 Å². The molecule has 0 spiro atoms. The van der Waals surface area contributed by atoms with Crippen LogP contribution < -0.4 is 19.7 Å². The highest BCUT2D eigenvalue weighted by Gasteiger charge is 2.20. The van der Waals surface area contributed by atoms with Crippen LogP contribution in [0, 0.1) is 0 Å². The molecule has 2 aromatic carbocycles. The number of benzene rings is 2. The van der Waals surface area contributed by atoms with Crippen molar-refractivity contribution in [2.24, 2.45) is 0 Å². The number of hydrogen-bond donors (Lipinski definition) is 1. The molecule has 5 nitrogen and oxygen atoms in total. The van der Waals surface area contributed by atoms with Gasteiger partial charge in [-0.15, -0.1) is 0 Å². The quantitative estimate of drug-likeness (QED) is 0.943. The second-order valence-corrected chi connectivity index (χ2v) is 5.17. The lowest BCUT2D eigenvalue weighted by Crippen LogP contribution is -2.39. The average molecular weight is 298 g/mol. The molecule has 1 atom stereocenters. The van der Waals surface area contributed by atoms with Crippen LogP contribution in [0.1, 0.15) is 6.92 Å². The van der Waals surface area contributed by atoms with Gasteiger partial charge >= 0.3 is 0 Å². The Bertz CT molecular complexity index is 673. The number of carbonyl (C=O) groups is 1. The van der Waals surface area contributed by atoms with Crippen molar-refractivity contribution in [3.8, 4) is 11.5 Å². The van der Waals surface area contributed by atoms with Crippen molar-refractivity contribution in [1.29, 1.82) is 0 Å². The van der Waals surface area contributed by atoms with Crippen LogP contribution in [0.3, 0.4) is 0 Å². The molecule has 0 radical (unpaired) electrons. The van der Waals surface area contributed by atoms with E-state index in [1.54, 1.807) is 11.9 Å². The Morgan fingerprint density at radius 1 is 1.14 bits per heavy atom. The van der Waals surface area contributed by atoms with E-state index in [4.69, 9.17) is 9.47 Å². The lowest BCUT2D eigenvalue weighted by Gasteiger charge is -2.23. The van der Waals surface area contributed by atoms with E-state index in [1.807, 2.05) is 55.5 Å². The van der Waals surface area contributed by atoms with E-state index in [1.165, 1.54) is 0 Å². The predicted octanol–water partition coefficient (Wildman–Crippen LogP) is 2.88. The van der Waals surface area contributed by atoms with Crippen LogP contribution in [-0.4, -0.2) is 25.8 Å². The van der Waals surface area contributed by atoms with Crippen LogP contribution in [0.5, 0.6) is 11.5 Å². The van der Waals surface area contributed by atoms with Gasteiger partial charge in [0.15, 0.2) is 11.5 Å². The summed E-state index contributed by atoms with van der Waals surface area (Å²) >= 11 is 0. The Hall–Kier alpha value is -2.69. The Labute approximate surface area is 129 Å². The van der Waals surface area contributed by atoms with E-state index in [0.29, 0.717) is 5.75 Å². The minimum absolute atomic E-state index is 0.0103. The monoisotopic (exact) mass is 298 g/mol. The predicted molar refractivity (Wildman–Crippen MR) is 85.5 cm³/mol. The lowest BCUT2D eigenvalue weighted by atomic mass is 10.2. The highest BCUT2D eigenvalue weighted by Crippen LogP contribution is 2.34. The third-order valence-electron chi connectivity index (χ3n) is 3.60. The van der Waals surface area contributed by atoms with Gasteiger partial charge in [0.1, 0.15) is 6.04 Å². The van der Waals surface area contributed by atoms with Crippen LogP contribution in [0.15, 0.2) is 48.5 Å². The number of fused-ring (bicyclic) bond motifs is 1. The molecular weight excluding hydrogens is 280 g/mol. The summed E-state index contributed by atoms with van der Waals surface area (Å²) in [5.74, 6) is 1.41. The topological polar surface area (TPSA) is 50.8 Å². The van der Waals surface area contributed by atoms with Crippen molar-refractivity contribution in [1.82, 2.24) is 0 Å². The van der Waals surface area contributed by atoms with Gasteiger partial charge < -0.3 is 19.7 Å². The molecule has 1 heterocycles. The summed E-state index contributed by atoms with van der Waals surface area (Å²) in [6.45, 7) is 2.08. The molecule has 1 N–H and O–H groups in total. The summed E-state index contributed by atoms with van der Waals surface area (Å²) in [4.78, 5) is 14.1. The molecule has 0 bridgehead atoms. The zero-order valence-electron chi connectivity index (χ0n) is 12.6. The standard InChI is InChI=1S/C17H18N2O3/c1-12(17(20)19(2)14-6-4-3-5-7-14)18-13-8-9-15-16(10-13)22-11-21-15/h3-10,12,18H,11H2,1-2H3/t12-/m0/s1. The molecule has 3 rings (SSSR count). The molecule has 22 heavy (non-hydrogen) atoms. The summed E-state index contributed by atoms with van der Waals surface area (Å²) in [5.41, 5.74) is 1.69. The van der Waals surface area contributed by atoms with E-state index in [-0.39, 0.29) is 18.7 Å². The fourth-order valence-corrected chi connectivity index (χ4v) is 2.37. The van der Waals surface area contributed by atoms with Crippen molar-refractivity contribution < 1.29 is 14.3 Å². The van der Waals surface area contributed by atoms with Crippen LogP contribution >= 0.6 is 0 Å². The van der Waals surface area contributed by atoms with E-state index >= 15 is 0 Å². The molecule has 0 saturated heterocycles. The highest BCUT2D eigenvalue weighted by molar-refractivity contribution is 5.98. The van der Waals surface area contributed by atoms with E-state index in [9.17, 15) is 4.79 Å². The summed E-state index contributed by atoms with van der Waals surface area (Å²) in [6, 6.07) is 14.8. The maximum absolute atomic E-state index is 12.5. The van der Waals surface area contributed by atoms with Crippen LogP contribution in [0.25, 0.3) is 0 Å². The van der Waals surface area contributed by atoms with Gasteiger partial charge in [0.05, 0.1) is 0 Å². The number of hydrogen-bond acceptors (Lipinski definition) is 4. The summed E-state index contributed by atoms with van der Waals surface area (Å²) in [6.07, 6.45) is 0. The number of anilines is 2. The summed E-state index contributed by atoms with van der Waals surface area (Å²) in [5, 5.41) is 3.20. The van der Waals surface area contributed by atoms with Gasteiger partial charge in [-0.05, 0) is 31.2 Å². The molecule has 1 aliphatic rings. The second-order valence-electron chi connectivity index (χ2n) is 5.17. The Morgan fingerprint density at radius 2 is 1.86 bits per heavy atom. The second kappa shape index (κ2) is 5.97. The van der Waals surface area contributed by atoms with E-state index in [2.05, 4.69) is 5.32 Å². The third-order valence-corrected chi connectivity index (χ3v) is 3.60. The number of amides is 1. The lowest BCUT2D eigenvalue weighted by molar-refractivity contribution is -0.118. The molecular formula is C17H18N2O3. The molecule has 0 aromatic heterocycles. The van der Waals surface area contributed by atoms with Gasteiger partial charge in [-0.1, -0.05) is 18.2 Å². The molecule has 114 valence electrons. The molecule has 0 saturated carbocycles.